The summed E-state index contributed by atoms with van der Waals surface area (Å²) in [4.78, 5) is 11.9. The Bertz CT molecular complexity index is 626. The van der Waals surface area contributed by atoms with Gasteiger partial charge in [0.25, 0.3) is 0 Å². The van der Waals surface area contributed by atoms with Crippen LogP contribution in [0.2, 0.25) is 0 Å². The molecule has 7 nitrogen and oxygen atoms in total. The van der Waals surface area contributed by atoms with Gasteiger partial charge in [0.15, 0.2) is 0 Å². The van der Waals surface area contributed by atoms with E-state index in [0.29, 0.717) is 11.1 Å². The SMILES string of the molecule is CC(C)[C@H](C)NC(=O)CSc1nnnn1-c1ccc(O)cc1. The van der Waals surface area contributed by atoms with Crippen LogP contribution in [0, 0.1) is 5.92 Å². The molecule has 0 bridgehead atoms. The quantitative estimate of drug-likeness (QED) is 0.785. The van der Waals surface area contributed by atoms with Crippen molar-refractivity contribution in [3.8, 4) is 11.4 Å². The molecule has 8 heteroatoms. The highest BCUT2D eigenvalue weighted by Gasteiger charge is 2.14. The lowest BCUT2D eigenvalue weighted by Crippen LogP contribution is -2.37. The summed E-state index contributed by atoms with van der Waals surface area (Å²) in [5.41, 5.74) is 0.723. The molecule has 1 amide bonds. The molecule has 1 heterocycles. The number of aromatic nitrogens is 4. The van der Waals surface area contributed by atoms with Gasteiger partial charge in [-0.3, -0.25) is 4.79 Å². The zero-order valence-corrected chi connectivity index (χ0v) is 13.5. The van der Waals surface area contributed by atoms with Gasteiger partial charge in [-0.05, 0) is 47.5 Å². The maximum absolute atomic E-state index is 11.9. The van der Waals surface area contributed by atoms with Gasteiger partial charge < -0.3 is 10.4 Å². The van der Waals surface area contributed by atoms with E-state index >= 15 is 0 Å². The van der Waals surface area contributed by atoms with Crippen LogP contribution >= 0.6 is 11.8 Å². The van der Waals surface area contributed by atoms with Crippen LogP contribution in [0.15, 0.2) is 29.4 Å². The first kappa shape index (κ1) is 16.3. The van der Waals surface area contributed by atoms with E-state index in [-0.39, 0.29) is 23.5 Å². The van der Waals surface area contributed by atoms with Gasteiger partial charge in [-0.2, -0.15) is 4.68 Å². The van der Waals surface area contributed by atoms with Gasteiger partial charge in [0.1, 0.15) is 5.75 Å². The number of phenols is 1. The number of rotatable bonds is 6. The number of aromatic hydroxyl groups is 1. The van der Waals surface area contributed by atoms with Crippen LogP contribution in [-0.4, -0.2) is 43.0 Å². The number of carbonyl (C=O) groups is 1. The predicted molar refractivity (Wildman–Crippen MR) is 84.0 cm³/mol. The van der Waals surface area contributed by atoms with Crippen LogP contribution in [0.1, 0.15) is 20.8 Å². The molecule has 0 unspecified atom stereocenters. The lowest BCUT2D eigenvalue weighted by Gasteiger charge is -2.17. The molecule has 0 aliphatic rings. The zero-order valence-electron chi connectivity index (χ0n) is 12.7. The van der Waals surface area contributed by atoms with Crippen LogP contribution in [0.3, 0.4) is 0 Å². The van der Waals surface area contributed by atoms with E-state index in [4.69, 9.17) is 0 Å². The second kappa shape index (κ2) is 7.26. The Morgan fingerprint density at radius 2 is 2.00 bits per heavy atom. The summed E-state index contributed by atoms with van der Waals surface area (Å²) in [6.07, 6.45) is 0. The summed E-state index contributed by atoms with van der Waals surface area (Å²) in [6, 6.07) is 6.65. The van der Waals surface area contributed by atoms with E-state index in [1.165, 1.54) is 16.4 Å². The number of nitrogens with one attached hydrogen (secondary N) is 1. The van der Waals surface area contributed by atoms with Crippen LogP contribution in [-0.2, 0) is 4.79 Å². The van der Waals surface area contributed by atoms with Gasteiger partial charge in [-0.25, -0.2) is 0 Å². The Balaban J connectivity index is 1.99. The van der Waals surface area contributed by atoms with Gasteiger partial charge in [0.2, 0.25) is 11.1 Å². The maximum atomic E-state index is 11.9. The topological polar surface area (TPSA) is 92.9 Å². The van der Waals surface area contributed by atoms with Crippen LogP contribution in [0.4, 0.5) is 0 Å². The van der Waals surface area contributed by atoms with Crippen molar-refractivity contribution in [2.24, 2.45) is 5.92 Å². The molecular weight excluding hydrogens is 302 g/mol. The number of nitrogens with zero attached hydrogens (tertiary/aromatic N) is 4. The standard InChI is InChI=1S/C14H19N5O2S/c1-9(2)10(3)15-13(21)8-22-14-16-17-18-19(14)11-4-6-12(20)7-5-11/h4-7,9-10,20H,8H2,1-3H3,(H,15,21)/t10-/m0/s1. The summed E-state index contributed by atoms with van der Waals surface area (Å²) in [5.74, 6) is 0.756. The van der Waals surface area contributed by atoms with Crippen molar-refractivity contribution in [3.05, 3.63) is 24.3 Å². The number of thioether (sulfide) groups is 1. The Labute approximate surface area is 133 Å². The lowest BCUT2D eigenvalue weighted by molar-refractivity contribution is -0.119. The average Bonchev–Trinajstić information content (AvgIpc) is 2.94. The molecule has 0 aliphatic carbocycles. The normalized spacial score (nSPS) is 12.4. The van der Waals surface area contributed by atoms with E-state index in [9.17, 15) is 9.90 Å². The molecule has 0 saturated carbocycles. The fourth-order valence-electron chi connectivity index (χ4n) is 1.62. The summed E-state index contributed by atoms with van der Waals surface area (Å²) in [7, 11) is 0. The molecular formula is C14H19N5O2S. The highest BCUT2D eigenvalue weighted by atomic mass is 32.2. The molecule has 118 valence electrons. The fourth-order valence-corrected chi connectivity index (χ4v) is 2.32. The minimum Gasteiger partial charge on any atom is -0.508 e. The molecule has 2 N–H and O–H groups in total. The molecule has 22 heavy (non-hydrogen) atoms. The Morgan fingerprint density at radius 3 is 2.64 bits per heavy atom. The predicted octanol–water partition coefficient (Wildman–Crippen LogP) is 1.62. The van der Waals surface area contributed by atoms with Crippen LogP contribution in [0.5, 0.6) is 5.75 Å². The molecule has 2 rings (SSSR count). The Hall–Kier alpha value is -2.09. The first-order valence-corrected chi connectivity index (χ1v) is 7.96. The lowest BCUT2D eigenvalue weighted by atomic mass is 10.1. The first-order chi connectivity index (χ1) is 10.5. The number of carbonyl (C=O) groups excluding carboxylic acids is 1. The van der Waals surface area contributed by atoms with E-state index in [2.05, 4.69) is 34.7 Å². The zero-order chi connectivity index (χ0) is 16.1. The smallest absolute Gasteiger partial charge is 0.230 e. The second-order valence-corrected chi connectivity index (χ2v) is 6.22. The van der Waals surface area contributed by atoms with Crippen LogP contribution in [0.25, 0.3) is 5.69 Å². The van der Waals surface area contributed by atoms with Crippen molar-refractivity contribution >= 4 is 17.7 Å². The molecule has 1 aromatic heterocycles. The Morgan fingerprint density at radius 1 is 1.32 bits per heavy atom. The molecule has 0 saturated heterocycles. The summed E-state index contributed by atoms with van der Waals surface area (Å²) < 4.78 is 1.53. The highest BCUT2D eigenvalue weighted by molar-refractivity contribution is 7.99. The van der Waals surface area contributed by atoms with Crippen LogP contribution < -0.4 is 5.32 Å². The summed E-state index contributed by atoms with van der Waals surface area (Å²) in [5, 5.41) is 24.2. The van der Waals surface area contributed by atoms with Crippen molar-refractivity contribution in [3.63, 3.8) is 0 Å². The average molecular weight is 321 g/mol. The largest absolute Gasteiger partial charge is 0.508 e. The fraction of sp³-hybridized carbons (Fsp3) is 0.429. The third-order valence-corrected chi connectivity index (χ3v) is 4.18. The molecule has 0 aliphatic heterocycles. The van der Waals surface area contributed by atoms with E-state index in [1.807, 2.05) is 6.92 Å². The van der Waals surface area contributed by atoms with Crippen molar-refractivity contribution in [2.45, 2.75) is 32.0 Å². The summed E-state index contributed by atoms with van der Waals surface area (Å²) >= 11 is 1.27. The highest BCUT2D eigenvalue weighted by Crippen LogP contribution is 2.19. The first-order valence-electron chi connectivity index (χ1n) is 6.97. The minimum absolute atomic E-state index is 0.0496. The van der Waals surface area contributed by atoms with E-state index in [1.54, 1.807) is 24.3 Å². The van der Waals surface area contributed by atoms with Crippen molar-refractivity contribution in [1.29, 1.82) is 0 Å². The number of phenolic OH excluding ortho intramolecular Hbond substituents is 1. The molecule has 1 atom stereocenters. The third kappa shape index (κ3) is 4.20. The van der Waals surface area contributed by atoms with Crippen molar-refractivity contribution in [1.82, 2.24) is 25.5 Å². The molecule has 0 fully saturated rings. The molecule has 1 aromatic carbocycles. The van der Waals surface area contributed by atoms with Crippen molar-refractivity contribution in [2.75, 3.05) is 5.75 Å². The van der Waals surface area contributed by atoms with Gasteiger partial charge >= 0.3 is 0 Å². The number of amides is 1. The number of hydrogen-bond acceptors (Lipinski definition) is 6. The van der Waals surface area contributed by atoms with E-state index in [0.717, 1.165) is 5.69 Å². The third-order valence-electron chi connectivity index (χ3n) is 3.26. The minimum atomic E-state index is -0.0496. The number of tetrazole rings is 1. The van der Waals surface area contributed by atoms with Gasteiger partial charge in [-0.15, -0.1) is 5.10 Å². The van der Waals surface area contributed by atoms with Gasteiger partial charge in [0, 0.05) is 6.04 Å². The number of benzene rings is 1. The number of hydrogen-bond donors (Lipinski definition) is 2. The van der Waals surface area contributed by atoms with Crippen molar-refractivity contribution < 1.29 is 9.90 Å². The second-order valence-electron chi connectivity index (χ2n) is 5.28. The van der Waals surface area contributed by atoms with Gasteiger partial charge in [-0.1, -0.05) is 25.6 Å². The summed E-state index contributed by atoms with van der Waals surface area (Å²) in [6.45, 7) is 6.10. The molecule has 0 radical (unpaired) electrons. The molecule has 0 spiro atoms. The molecule has 2 aromatic rings. The Kier molecular flexibility index (Phi) is 5.37. The maximum Gasteiger partial charge on any atom is 0.230 e. The van der Waals surface area contributed by atoms with Gasteiger partial charge in [0.05, 0.1) is 11.4 Å². The van der Waals surface area contributed by atoms with E-state index < -0.39 is 0 Å². The monoisotopic (exact) mass is 321 g/mol.